The predicted molar refractivity (Wildman–Crippen MR) is 69.5 cm³/mol. The van der Waals surface area contributed by atoms with Gasteiger partial charge in [0, 0.05) is 5.54 Å². The highest BCUT2D eigenvalue weighted by atomic mass is 19.4. The van der Waals surface area contributed by atoms with Gasteiger partial charge < -0.3 is 5.73 Å². The number of hydrogen-bond acceptors (Lipinski definition) is 1. The summed E-state index contributed by atoms with van der Waals surface area (Å²) in [6.45, 7) is 4.31. The molecule has 0 bridgehead atoms. The maximum Gasteiger partial charge on any atom is 0.416 e. The molecular formula is C15H20F3N. The second kappa shape index (κ2) is 4.82. The summed E-state index contributed by atoms with van der Waals surface area (Å²) in [5.41, 5.74) is 6.16. The van der Waals surface area contributed by atoms with Crippen LogP contribution in [0.25, 0.3) is 0 Å². The second-order valence-corrected chi connectivity index (χ2v) is 6.09. The summed E-state index contributed by atoms with van der Waals surface area (Å²) in [7, 11) is 0. The Labute approximate surface area is 112 Å². The fourth-order valence-corrected chi connectivity index (χ4v) is 3.41. The minimum atomic E-state index is -4.28. The van der Waals surface area contributed by atoms with Gasteiger partial charge in [-0.1, -0.05) is 26.0 Å². The normalized spacial score (nSPS) is 32.3. The Balaban J connectivity index is 2.26. The van der Waals surface area contributed by atoms with Crippen LogP contribution in [-0.4, -0.2) is 0 Å². The Hall–Kier alpha value is -1.03. The molecule has 1 saturated carbocycles. The summed E-state index contributed by atoms with van der Waals surface area (Å²) in [4.78, 5) is 0. The molecule has 0 radical (unpaired) electrons. The van der Waals surface area contributed by atoms with Gasteiger partial charge in [0.15, 0.2) is 0 Å². The van der Waals surface area contributed by atoms with Crippen molar-refractivity contribution in [1.29, 1.82) is 0 Å². The van der Waals surface area contributed by atoms with Crippen molar-refractivity contribution in [1.82, 2.24) is 0 Å². The molecule has 0 saturated heterocycles. The summed E-state index contributed by atoms with van der Waals surface area (Å²) in [6.07, 6.45) is -1.47. The van der Waals surface area contributed by atoms with E-state index in [1.54, 1.807) is 0 Å². The quantitative estimate of drug-likeness (QED) is 0.809. The van der Waals surface area contributed by atoms with E-state index in [1.807, 2.05) is 0 Å². The molecule has 19 heavy (non-hydrogen) atoms. The molecule has 2 rings (SSSR count). The van der Waals surface area contributed by atoms with E-state index in [4.69, 9.17) is 5.73 Å². The molecule has 1 aliphatic carbocycles. The Bertz CT molecular complexity index is 426. The van der Waals surface area contributed by atoms with Crippen LogP contribution in [0, 0.1) is 11.8 Å². The van der Waals surface area contributed by atoms with Crippen LogP contribution >= 0.6 is 0 Å². The van der Waals surface area contributed by atoms with Crippen molar-refractivity contribution in [2.75, 3.05) is 0 Å². The first-order valence-corrected chi connectivity index (χ1v) is 6.67. The number of halogens is 3. The van der Waals surface area contributed by atoms with Crippen molar-refractivity contribution in [3.05, 3.63) is 35.4 Å². The van der Waals surface area contributed by atoms with Gasteiger partial charge in [-0.05, 0) is 48.8 Å². The van der Waals surface area contributed by atoms with E-state index in [-0.39, 0.29) is 0 Å². The molecule has 2 unspecified atom stereocenters. The van der Waals surface area contributed by atoms with E-state index >= 15 is 0 Å². The van der Waals surface area contributed by atoms with Gasteiger partial charge in [-0.3, -0.25) is 0 Å². The fraction of sp³-hybridized carbons (Fsp3) is 0.600. The van der Waals surface area contributed by atoms with Crippen LogP contribution in [0.3, 0.4) is 0 Å². The van der Waals surface area contributed by atoms with Gasteiger partial charge in [-0.25, -0.2) is 0 Å². The van der Waals surface area contributed by atoms with Crippen molar-refractivity contribution in [2.45, 2.75) is 44.8 Å². The average molecular weight is 271 g/mol. The van der Waals surface area contributed by atoms with E-state index < -0.39 is 17.3 Å². The number of rotatable bonds is 1. The molecule has 4 heteroatoms. The third-order valence-electron chi connectivity index (χ3n) is 4.02. The van der Waals surface area contributed by atoms with Crippen LogP contribution in [0.1, 0.15) is 44.2 Å². The summed E-state index contributed by atoms with van der Waals surface area (Å²) >= 11 is 0. The zero-order valence-electron chi connectivity index (χ0n) is 11.3. The topological polar surface area (TPSA) is 26.0 Å². The van der Waals surface area contributed by atoms with E-state index in [2.05, 4.69) is 13.8 Å². The summed E-state index contributed by atoms with van der Waals surface area (Å²) in [5.74, 6) is 1.02. The molecular weight excluding hydrogens is 251 g/mol. The zero-order valence-corrected chi connectivity index (χ0v) is 11.3. The molecule has 0 aliphatic heterocycles. The Kier molecular flexibility index (Phi) is 3.65. The van der Waals surface area contributed by atoms with E-state index in [0.29, 0.717) is 11.8 Å². The van der Waals surface area contributed by atoms with Gasteiger partial charge in [-0.2, -0.15) is 13.2 Å². The number of nitrogens with two attached hydrogens (primary N) is 1. The van der Waals surface area contributed by atoms with Crippen LogP contribution in [0.15, 0.2) is 24.3 Å². The van der Waals surface area contributed by atoms with E-state index in [1.165, 1.54) is 12.1 Å². The fourth-order valence-electron chi connectivity index (χ4n) is 3.41. The summed E-state index contributed by atoms with van der Waals surface area (Å²) in [6, 6.07) is 5.34. The van der Waals surface area contributed by atoms with Crippen LogP contribution in [0.4, 0.5) is 13.2 Å². The number of alkyl halides is 3. The average Bonchev–Trinajstić information content (AvgIpc) is 2.26. The van der Waals surface area contributed by atoms with Crippen molar-refractivity contribution in [3.8, 4) is 0 Å². The molecule has 1 fully saturated rings. The highest BCUT2D eigenvalue weighted by Gasteiger charge is 2.37. The lowest BCUT2D eigenvalue weighted by Crippen LogP contribution is -2.43. The Morgan fingerprint density at radius 1 is 1.05 bits per heavy atom. The van der Waals surface area contributed by atoms with Crippen LogP contribution in [-0.2, 0) is 11.7 Å². The molecule has 1 aromatic carbocycles. The molecule has 0 heterocycles. The molecule has 0 aromatic heterocycles. The van der Waals surface area contributed by atoms with Crippen LogP contribution in [0.5, 0.6) is 0 Å². The minimum Gasteiger partial charge on any atom is -0.321 e. The first-order chi connectivity index (χ1) is 8.71. The third-order valence-corrected chi connectivity index (χ3v) is 4.02. The van der Waals surface area contributed by atoms with Gasteiger partial charge in [0.1, 0.15) is 0 Å². The lowest BCUT2D eigenvalue weighted by atomic mass is 9.69. The predicted octanol–water partition coefficient (Wildman–Crippen LogP) is 4.32. The molecule has 1 aliphatic rings. The van der Waals surface area contributed by atoms with Crippen molar-refractivity contribution >= 4 is 0 Å². The zero-order chi connectivity index (χ0) is 14.3. The maximum absolute atomic E-state index is 12.6. The van der Waals surface area contributed by atoms with E-state index in [0.717, 1.165) is 37.0 Å². The lowest BCUT2D eigenvalue weighted by molar-refractivity contribution is -0.137. The maximum atomic E-state index is 12.6. The molecule has 1 nitrogen and oxygen atoms in total. The molecule has 106 valence electrons. The highest BCUT2D eigenvalue weighted by Crippen LogP contribution is 2.41. The van der Waals surface area contributed by atoms with Crippen molar-refractivity contribution in [3.63, 3.8) is 0 Å². The summed E-state index contributed by atoms with van der Waals surface area (Å²) in [5, 5.41) is 0. The second-order valence-electron chi connectivity index (χ2n) is 6.09. The highest BCUT2D eigenvalue weighted by molar-refractivity contribution is 5.30. The van der Waals surface area contributed by atoms with E-state index in [9.17, 15) is 13.2 Å². The van der Waals surface area contributed by atoms with Crippen LogP contribution < -0.4 is 5.73 Å². The smallest absolute Gasteiger partial charge is 0.321 e. The molecule has 2 N–H and O–H groups in total. The van der Waals surface area contributed by atoms with Gasteiger partial charge in [0.25, 0.3) is 0 Å². The molecule has 0 amide bonds. The SMILES string of the molecule is CC1CC(C)CC(N)(c2ccc(C(F)(F)F)cc2)C1. The van der Waals surface area contributed by atoms with Gasteiger partial charge in [0.05, 0.1) is 5.56 Å². The largest absolute Gasteiger partial charge is 0.416 e. The third kappa shape index (κ3) is 3.11. The standard InChI is InChI=1S/C15H20F3N/c1-10-7-11(2)9-14(19,8-10)12-3-5-13(6-4-12)15(16,17)18/h3-6,10-11H,7-9,19H2,1-2H3. The van der Waals surface area contributed by atoms with Gasteiger partial charge in [-0.15, -0.1) is 0 Å². The van der Waals surface area contributed by atoms with Crippen molar-refractivity contribution in [2.24, 2.45) is 17.6 Å². The van der Waals surface area contributed by atoms with Crippen molar-refractivity contribution < 1.29 is 13.2 Å². The summed E-state index contributed by atoms with van der Waals surface area (Å²) < 4.78 is 37.7. The Morgan fingerprint density at radius 2 is 1.53 bits per heavy atom. The number of hydrogen-bond donors (Lipinski definition) is 1. The first-order valence-electron chi connectivity index (χ1n) is 6.67. The van der Waals surface area contributed by atoms with Gasteiger partial charge >= 0.3 is 6.18 Å². The molecule has 0 spiro atoms. The minimum absolute atomic E-state index is 0.485. The van der Waals surface area contributed by atoms with Crippen LogP contribution in [0.2, 0.25) is 0 Å². The van der Waals surface area contributed by atoms with Gasteiger partial charge in [0.2, 0.25) is 0 Å². The molecule has 2 atom stereocenters. The number of benzene rings is 1. The monoisotopic (exact) mass is 271 g/mol. The first kappa shape index (κ1) is 14.4. The molecule has 1 aromatic rings. The lowest BCUT2D eigenvalue weighted by Gasteiger charge is -2.40. The Morgan fingerprint density at radius 3 is 1.95 bits per heavy atom.